The number of methoxy groups -OCH3 is 1. The van der Waals surface area contributed by atoms with Crippen LogP contribution in [0.1, 0.15) is 26.6 Å². The highest BCUT2D eigenvalue weighted by molar-refractivity contribution is 7.91. The van der Waals surface area contributed by atoms with Crippen molar-refractivity contribution in [1.29, 1.82) is 0 Å². The molecule has 0 saturated carbocycles. The Morgan fingerprint density at radius 3 is 2.52 bits per heavy atom. The van der Waals surface area contributed by atoms with Crippen LogP contribution in [-0.4, -0.2) is 32.2 Å². The summed E-state index contributed by atoms with van der Waals surface area (Å²) in [6.45, 7) is 5.66. The Morgan fingerprint density at radius 2 is 1.95 bits per heavy atom. The van der Waals surface area contributed by atoms with Crippen LogP contribution in [0.5, 0.6) is 5.75 Å². The first-order chi connectivity index (χ1) is 9.91. The van der Waals surface area contributed by atoms with E-state index in [4.69, 9.17) is 4.74 Å². The molecule has 0 bridgehead atoms. The molecule has 1 unspecified atom stereocenters. The second-order valence-electron chi connectivity index (χ2n) is 5.45. The predicted molar refractivity (Wildman–Crippen MR) is 85.6 cm³/mol. The molecule has 0 N–H and O–H groups in total. The van der Waals surface area contributed by atoms with Crippen LogP contribution in [-0.2, 0) is 11.4 Å². The third-order valence-electron chi connectivity index (χ3n) is 2.81. The molecule has 0 fully saturated rings. The van der Waals surface area contributed by atoms with Gasteiger partial charge in [-0.15, -0.1) is 0 Å². The molecular weight excluding hydrogens is 286 g/mol. The second-order valence-corrected chi connectivity index (χ2v) is 7.38. The van der Waals surface area contributed by atoms with Crippen LogP contribution in [0.2, 0.25) is 0 Å². The molecule has 0 radical (unpaired) electrons. The first-order valence-electron chi connectivity index (χ1n) is 6.55. The van der Waals surface area contributed by atoms with Crippen LogP contribution in [0.4, 0.5) is 0 Å². The first kappa shape index (κ1) is 15.6. The summed E-state index contributed by atoms with van der Waals surface area (Å²) in [5.41, 5.74) is 0.941. The monoisotopic (exact) mass is 305 g/mol. The van der Waals surface area contributed by atoms with Gasteiger partial charge in [0.15, 0.2) is 5.82 Å². The highest BCUT2D eigenvalue weighted by Crippen LogP contribution is 2.18. The Bertz CT molecular complexity index is 615. The predicted octanol–water partition coefficient (Wildman–Crippen LogP) is 2.76. The van der Waals surface area contributed by atoms with Gasteiger partial charge >= 0.3 is 0 Å². The van der Waals surface area contributed by atoms with Crippen molar-refractivity contribution in [3.63, 3.8) is 0 Å². The first-order valence-corrected chi connectivity index (χ1v) is 7.66. The molecule has 0 spiro atoms. The van der Waals surface area contributed by atoms with E-state index in [9.17, 15) is 4.55 Å². The molecule has 0 saturated heterocycles. The van der Waals surface area contributed by atoms with E-state index in [0.29, 0.717) is 5.82 Å². The summed E-state index contributed by atoms with van der Waals surface area (Å²) < 4.78 is 22.7. The summed E-state index contributed by atoms with van der Waals surface area (Å²) in [5.74, 6) is 1.43. The van der Waals surface area contributed by atoms with Gasteiger partial charge in [-0.05, 0) is 45.0 Å². The van der Waals surface area contributed by atoms with E-state index >= 15 is 0 Å². The van der Waals surface area contributed by atoms with Gasteiger partial charge in [-0.25, -0.2) is 4.98 Å². The average molecular weight is 305 g/mol. The summed E-state index contributed by atoms with van der Waals surface area (Å²) in [6.07, 6.45) is 5.07. The minimum atomic E-state index is -1.30. The Labute approximate surface area is 128 Å². The molecule has 112 valence electrons. The lowest BCUT2D eigenvalue weighted by Crippen LogP contribution is -2.26. The smallest absolute Gasteiger partial charge is 0.160 e. The van der Waals surface area contributed by atoms with Crippen molar-refractivity contribution in [1.82, 2.24) is 9.55 Å². The second kappa shape index (κ2) is 6.32. The van der Waals surface area contributed by atoms with Crippen LogP contribution >= 0.6 is 0 Å². The third-order valence-corrected chi connectivity index (χ3v) is 4.15. The quantitative estimate of drug-likeness (QED) is 0.644. The minimum Gasteiger partial charge on any atom is -0.591 e. The fourth-order valence-electron chi connectivity index (χ4n) is 1.62. The van der Waals surface area contributed by atoms with Gasteiger partial charge in [0.25, 0.3) is 0 Å². The topological polar surface area (TPSA) is 62.5 Å². The van der Waals surface area contributed by atoms with Crippen molar-refractivity contribution in [2.24, 2.45) is 4.40 Å². The summed E-state index contributed by atoms with van der Waals surface area (Å²) in [6, 6.07) is 7.62. The normalized spacial score (nSPS) is 13.6. The highest BCUT2D eigenvalue weighted by Gasteiger charge is 2.26. The molecule has 1 aromatic heterocycles. The lowest BCUT2D eigenvalue weighted by atomic mass is 10.3. The van der Waals surface area contributed by atoms with Gasteiger partial charge in [0.1, 0.15) is 28.1 Å². The number of hydrogen-bond acceptors (Lipinski definition) is 4. The fraction of sp³-hybridized carbons (Fsp3) is 0.333. The fourth-order valence-corrected chi connectivity index (χ4v) is 2.13. The summed E-state index contributed by atoms with van der Waals surface area (Å²) >= 11 is -1.30. The molecular formula is C15H19N3O2S. The van der Waals surface area contributed by atoms with Crippen molar-refractivity contribution in [3.05, 3.63) is 42.5 Å². The van der Waals surface area contributed by atoms with E-state index in [0.717, 1.165) is 11.4 Å². The highest BCUT2D eigenvalue weighted by atomic mass is 32.2. The van der Waals surface area contributed by atoms with Gasteiger partial charge in [0, 0.05) is 18.1 Å². The van der Waals surface area contributed by atoms with Crippen molar-refractivity contribution in [2.75, 3.05) is 7.11 Å². The zero-order chi connectivity index (χ0) is 15.5. The van der Waals surface area contributed by atoms with Crippen molar-refractivity contribution >= 4 is 17.6 Å². The Morgan fingerprint density at radius 1 is 1.29 bits per heavy atom. The van der Waals surface area contributed by atoms with Gasteiger partial charge < -0.3 is 9.29 Å². The standard InChI is InChI=1S/C15H19N3O2S/c1-15(2,3)21(19)17-11-14-16-9-10-18(14)12-5-7-13(20-4)8-6-12/h5-11H,1-4H3/b17-11-. The van der Waals surface area contributed by atoms with E-state index in [1.165, 1.54) is 0 Å². The number of benzene rings is 1. The third kappa shape index (κ3) is 3.86. The van der Waals surface area contributed by atoms with Gasteiger partial charge in [-0.2, -0.15) is 0 Å². The van der Waals surface area contributed by atoms with Crippen LogP contribution in [0.3, 0.4) is 0 Å². The Balaban J connectivity index is 2.24. The molecule has 0 aliphatic rings. The number of nitrogens with zero attached hydrogens (tertiary/aromatic N) is 3. The molecule has 2 aromatic rings. The molecule has 1 aromatic carbocycles. The van der Waals surface area contributed by atoms with Crippen LogP contribution in [0, 0.1) is 0 Å². The van der Waals surface area contributed by atoms with Crippen LogP contribution in [0.25, 0.3) is 5.69 Å². The summed E-state index contributed by atoms with van der Waals surface area (Å²) in [7, 11) is 1.63. The summed E-state index contributed by atoms with van der Waals surface area (Å²) in [4.78, 5) is 4.24. The maximum atomic E-state index is 12.0. The van der Waals surface area contributed by atoms with Crippen LogP contribution < -0.4 is 4.74 Å². The zero-order valence-corrected chi connectivity index (χ0v) is 13.4. The maximum absolute atomic E-state index is 12.0. The van der Waals surface area contributed by atoms with E-state index in [1.807, 2.05) is 55.8 Å². The summed E-state index contributed by atoms with van der Waals surface area (Å²) in [5, 5.41) is 0. The Kier molecular flexibility index (Phi) is 4.69. The lowest BCUT2D eigenvalue weighted by molar-refractivity contribution is 0.414. The SMILES string of the molecule is COc1ccc(-n2ccnc2/C=N\[S+]([O-])C(C)(C)C)cc1. The van der Waals surface area contributed by atoms with Crippen molar-refractivity contribution < 1.29 is 9.29 Å². The van der Waals surface area contributed by atoms with Gasteiger partial charge in [0.05, 0.1) is 7.11 Å². The lowest BCUT2D eigenvalue weighted by Gasteiger charge is -2.17. The number of imidazole rings is 1. The number of rotatable bonds is 4. The number of hydrogen-bond donors (Lipinski definition) is 0. The molecule has 0 aliphatic carbocycles. The molecule has 0 amide bonds. The van der Waals surface area contributed by atoms with Crippen LogP contribution in [0.15, 0.2) is 41.1 Å². The van der Waals surface area contributed by atoms with E-state index in [1.54, 1.807) is 19.5 Å². The van der Waals surface area contributed by atoms with Gasteiger partial charge in [-0.1, -0.05) is 4.40 Å². The minimum absolute atomic E-state index is 0.381. The Hall–Kier alpha value is -1.79. The number of ether oxygens (including phenoxy) is 1. The number of aromatic nitrogens is 2. The molecule has 1 heterocycles. The average Bonchev–Trinajstić information content (AvgIpc) is 2.92. The molecule has 2 rings (SSSR count). The largest absolute Gasteiger partial charge is 0.591 e. The van der Waals surface area contributed by atoms with E-state index in [-0.39, 0.29) is 4.75 Å². The molecule has 5 nitrogen and oxygen atoms in total. The molecule has 0 aliphatic heterocycles. The molecule has 6 heteroatoms. The van der Waals surface area contributed by atoms with Crippen molar-refractivity contribution in [3.8, 4) is 11.4 Å². The van der Waals surface area contributed by atoms with E-state index < -0.39 is 11.4 Å². The van der Waals surface area contributed by atoms with Gasteiger partial charge in [-0.3, -0.25) is 4.57 Å². The van der Waals surface area contributed by atoms with Crippen molar-refractivity contribution in [2.45, 2.75) is 25.5 Å². The zero-order valence-electron chi connectivity index (χ0n) is 12.6. The maximum Gasteiger partial charge on any atom is 0.160 e. The molecule has 21 heavy (non-hydrogen) atoms. The molecule has 1 atom stereocenters. The van der Waals surface area contributed by atoms with E-state index in [2.05, 4.69) is 9.38 Å². The van der Waals surface area contributed by atoms with Gasteiger partial charge in [0.2, 0.25) is 0 Å².